The van der Waals surface area contributed by atoms with Gasteiger partial charge in [-0.1, -0.05) is 24.3 Å². The number of piperazine rings is 1. The molecule has 3 aromatic rings. The van der Waals surface area contributed by atoms with E-state index < -0.39 is 6.03 Å². The van der Waals surface area contributed by atoms with Crippen LogP contribution in [0.2, 0.25) is 0 Å². The number of carbonyl (C=O) groups is 1. The summed E-state index contributed by atoms with van der Waals surface area (Å²) in [7, 11) is 2.16. The molecule has 0 spiro atoms. The molecule has 1 aromatic carbocycles. The number of rotatable bonds is 5. The van der Waals surface area contributed by atoms with E-state index in [4.69, 9.17) is 10.2 Å². The van der Waals surface area contributed by atoms with E-state index in [1.165, 1.54) is 23.3 Å². The smallest absolute Gasteiger partial charge is 0.316 e. The molecule has 4 rings (SSSR count). The van der Waals surface area contributed by atoms with Gasteiger partial charge in [-0.15, -0.1) is 21.5 Å². The molecule has 1 aliphatic rings. The Labute approximate surface area is 167 Å². The molecule has 0 aliphatic carbocycles. The number of nitrogens with one attached hydrogen (secondary N) is 1. The van der Waals surface area contributed by atoms with Gasteiger partial charge in [0.2, 0.25) is 6.39 Å². The molecule has 0 radical (unpaired) electrons. The summed E-state index contributed by atoms with van der Waals surface area (Å²) in [6.45, 7) is 5.38. The van der Waals surface area contributed by atoms with Crippen LogP contribution in [0.3, 0.4) is 0 Å². The second-order valence-electron chi connectivity index (χ2n) is 6.86. The first kappa shape index (κ1) is 18.6. The third-order valence-electron chi connectivity index (χ3n) is 4.78. The molecular weight excluding hydrogens is 376 g/mol. The molecule has 1 fully saturated rings. The molecule has 0 atom stereocenters. The van der Waals surface area contributed by atoms with Crippen LogP contribution in [0.15, 0.2) is 41.1 Å². The number of primary amides is 1. The number of anilines is 1. The topological polar surface area (TPSA) is 101 Å². The van der Waals surface area contributed by atoms with Crippen molar-refractivity contribution >= 4 is 23.1 Å². The van der Waals surface area contributed by atoms with Crippen LogP contribution in [0.1, 0.15) is 5.56 Å². The van der Waals surface area contributed by atoms with Crippen LogP contribution >= 0.6 is 11.3 Å². The maximum atomic E-state index is 11.3. The fraction of sp³-hybridized carbons (Fsp3) is 0.316. The van der Waals surface area contributed by atoms with Gasteiger partial charge in [-0.3, -0.25) is 4.90 Å². The van der Waals surface area contributed by atoms with Crippen LogP contribution in [0, 0.1) is 0 Å². The number of hydrogen-bond donors (Lipinski definition) is 2. The SMILES string of the molecule is CN1CCN(Cc2ccc(-c3cc(NC(N)=O)c(-c4nnco4)s3)cc2)CC1. The highest BCUT2D eigenvalue weighted by atomic mass is 32.1. The molecule has 8 nitrogen and oxygen atoms in total. The Kier molecular flexibility index (Phi) is 5.38. The molecule has 1 aliphatic heterocycles. The number of hydrogen-bond acceptors (Lipinski definition) is 7. The van der Waals surface area contributed by atoms with Gasteiger partial charge in [0, 0.05) is 37.6 Å². The Hall–Kier alpha value is -2.75. The minimum absolute atomic E-state index is 0.353. The molecule has 1 saturated heterocycles. The summed E-state index contributed by atoms with van der Waals surface area (Å²) in [6.07, 6.45) is 1.26. The molecule has 2 amide bonds. The maximum Gasteiger partial charge on any atom is 0.316 e. The zero-order chi connectivity index (χ0) is 19.5. The first-order valence-corrected chi connectivity index (χ1v) is 9.87. The molecule has 3 heterocycles. The van der Waals surface area contributed by atoms with E-state index in [2.05, 4.69) is 56.6 Å². The highest BCUT2D eigenvalue weighted by molar-refractivity contribution is 7.19. The van der Waals surface area contributed by atoms with Crippen molar-refractivity contribution in [2.45, 2.75) is 6.54 Å². The summed E-state index contributed by atoms with van der Waals surface area (Å²) in [4.78, 5) is 17.8. The van der Waals surface area contributed by atoms with Crippen LogP contribution in [-0.2, 0) is 6.54 Å². The number of thiophene rings is 1. The van der Waals surface area contributed by atoms with Crippen LogP contribution in [0.25, 0.3) is 21.2 Å². The highest BCUT2D eigenvalue weighted by Crippen LogP contribution is 2.40. The summed E-state index contributed by atoms with van der Waals surface area (Å²) in [6, 6.07) is 9.76. The van der Waals surface area contributed by atoms with Gasteiger partial charge in [-0.25, -0.2) is 4.79 Å². The number of nitrogens with two attached hydrogens (primary N) is 1. The van der Waals surface area contributed by atoms with Gasteiger partial charge in [-0.05, 0) is 24.2 Å². The second kappa shape index (κ2) is 8.09. The third-order valence-corrected chi connectivity index (χ3v) is 5.96. The van der Waals surface area contributed by atoms with Gasteiger partial charge >= 0.3 is 6.03 Å². The molecule has 0 bridgehead atoms. The number of benzene rings is 1. The van der Waals surface area contributed by atoms with Crippen LogP contribution in [0.4, 0.5) is 10.5 Å². The van der Waals surface area contributed by atoms with Crippen molar-refractivity contribution in [3.05, 3.63) is 42.3 Å². The Morgan fingerprint density at radius 3 is 2.64 bits per heavy atom. The number of likely N-dealkylation sites (N-methyl/N-ethyl adjacent to an activating group) is 1. The van der Waals surface area contributed by atoms with Crippen molar-refractivity contribution in [3.8, 4) is 21.2 Å². The lowest BCUT2D eigenvalue weighted by Crippen LogP contribution is -2.43. The third kappa shape index (κ3) is 4.22. The number of nitrogens with zero attached hydrogens (tertiary/aromatic N) is 4. The largest absolute Gasteiger partial charge is 0.423 e. The van der Waals surface area contributed by atoms with E-state index in [0.717, 1.165) is 43.2 Å². The van der Waals surface area contributed by atoms with Crippen LogP contribution in [-0.4, -0.2) is 59.3 Å². The van der Waals surface area contributed by atoms with Crippen molar-refractivity contribution in [1.82, 2.24) is 20.0 Å². The van der Waals surface area contributed by atoms with Gasteiger partial charge in [0.05, 0.1) is 5.69 Å². The van der Waals surface area contributed by atoms with Gasteiger partial charge < -0.3 is 20.4 Å². The summed E-state index contributed by atoms with van der Waals surface area (Å²) in [5.41, 5.74) is 8.21. The standard InChI is InChI=1S/C19H22N6O2S/c1-24-6-8-25(9-7-24)11-13-2-4-14(5-3-13)16-10-15(22-19(20)26)17(28-16)18-23-21-12-27-18/h2-5,10,12H,6-9,11H2,1H3,(H3,20,22,26). The van der Waals surface area contributed by atoms with Crippen molar-refractivity contribution in [2.75, 3.05) is 38.5 Å². The van der Waals surface area contributed by atoms with Crippen molar-refractivity contribution in [3.63, 3.8) is 0 Å². The van der Waals surface area contributed by atoms with Crippen molar-refractivity contribution in [1.29, 1.82) is 0 Å². The second-order valence-corrected chi connectivity index (χ2v) is 7.92. The van der Waals surface area contributed by atoms with E-state index in [1.807, 2.05) is 6.07 Å². The zero-order valence-corrected chi connectivity index (χ0v) is 16.4. The minimum atomic E-state index is -0.632. The average Bonchev–Trinajstić information content (AvgIpc) is 3.34. The lowest BCUT2D eigenvalue weighted by atomic mass is 10.1. The number of amides is 2. The fourth-order valence-corrected chi connectivity index (χ4v) is 4.28. The maximum absolute atomic E-state index is 11.3. The van der Waals surface area contributed by atoms with Crippen LogP contribution in [0.5, 0.6) is 0 Å². The normalized spacial score (nSPS) is 15.6. The Morgan fingerprint density at radius 2 is 2.00 bits per heavy atom. The summed E-state index contributed by atoms with van der Waals surface area (Å²) in [5, 5.41) is 10.3. The van der Waals surface area contributed by atoms with E-state index in [9.17, 15) is 4.79 Å². The van der Waals surface area contributed by atoms with E-state index in [-0.39, 0.29) is 0 Å². The quantitative estimate of drug-likeness (QED) is 0.685. The number of urea groups is 1. The lowest BCUT2D eigenvalue weighted by molar-refractivity contribution is 0.148. The Balaban J connectivity index is 1.53. The summed E-state index contributed by atoms with van der Waals surface area (Å²) >= 11 is 1.47. The molecule has 0 saturated carbocycles. The lowest BCUT2D eigenvalue weighted by Gasteiger charge is -2.32. The molecule has 28 heavy (non-hydrogen) atoms. The van der Waals surface area contributed by atoms with E-state index >= 15 is 0 Å². The summed E-state index contributed by atoms with van der Waals surface area (Å²) < 4.78 is 5.29. The monoisotopic (exact) mass is 398 g/mol. The van der Waals surface area contributed by atoms with Crippen LogP contribution < -0.4 is 11.1 Å². The van der Waals surface area contributed by atoms with Gasteiger partial charge in [0.15, 0.2) is 0 Å². The summed E-state index contributed by atoms with van der Waals surface area (Å²) in [5.74, 6) is 0.353. The fourth-order valence-electron chi connectivity index (χ4n) is 3.23. The first-order valence-electron chi connectivity index (χ1n) is 9.05. The van der Waals surface area contributed by atoms with Gasteiger partial charge in [0.1, 0.15) is 4.88 Å². The average molecular weight is 398 g/mol. The van der Waals surface area contributed by atoms with Crippen molar-refractivity contribution < 1.29 is 9.21 Å². The Bertz CT molecular complexity index is 930. The predicted molar refractivity (Wildman–Crippen MR) is 109 cm³/mol. The first-order chi connectivity index (χ1) is 13.6. The van der Waals surface area contributed by atoms with E-state index in [1.54, 1.807) is 0 Å². The molecular formula is C19H22N6O2S. The number of carbonyl (C=O) groups excluding carboxylic acids is 1. The molecule has 3 N–H and O–H groups in total. The molecule has 146 valence electrons. The predicted octanol–water partition coefficient (Wildman–Crippen LogP) is 2.70. The van der Waals surface area contributed by atoms with Gasteiger partial charge in [0.25, 0.3) is 5.89 Å². The minimum Gasteiger partial charge on any atom is -0.423 e. The molecule has 2 aromatic heterocycles. The highest BCUT2D eigenvalue weighted by Gasteiger charge is 2.18. The zero-order valence-electron chi connectivity index (χ0n) is 15.6. The molecule has 9 heteroatoms. The number of aromatic nitrogens is 2. The Morgan fingerprint density at radius 1 is 1.25 bits per heavy atom. The van der Waals surface area contributed by atoms with E-state index in [0.29, 0.717) is 16.5 Å². The van der Waals surface area contributed by atoms with Gasteiger partial charge in [-0.2, -0.15) is 0 Å². The molecule has 0 unspecified atom stereocenters. The van der Waals surface area contributed by atoms with Crippen molar-refractivity contribution in [2.24, 2.45) is 5.73 Å².